The maximum Gasteiger partial charge on any atom is 0.329 e. The zero-order valence-electron chi connectivity index (χ0n) is 16.3. The molecule has 2 atom stereocenters. The van der Waals surface area contributed by atoms with Gasteiger partial charge in [-0.05, 0) is 29.7 Å². The van der Waals surface area contributed by atoms with Crippen molar-refractivity contribution >= 4 is 46.8 Å². The van der Waals surface area contributed by atoms with Crippen molar-refractivity contribution < 1.29 is 14.3 Å². The van der Waals surface area contributed by atoms with E-state index in [2.05, 4.69) is 0 Å². The van der Waals surface area contributed by atoms with Gasteiger partial charge in [-0.25, -0.2) is 4.79 Å². The van der Waals surface area contributed by atoms with Gasteiger partial charge in [0.2, 0.25) is 0 Å². The lowest BCUT2D eigenvalue weighted by molar-refractivity contribution is -0.149. The molecule has 1 saturated heterocycles. The number of thioether (sulfide) groups is 1. The first-order valence-corrected chi connectivity index (χ1v) is 11.3. The third-order valence-electron chi connectivity index (χ3n) is 4.58. The van der Waals surface area contributed by atoms with Gasteiger partial charge in [0.25, 0.3) is 5.91 Å². The predicted molar refractivity (Wildman–Crippen MR) is 119 cm³/mol. The minimum absolute atomic E-state index is 0.170. The van der Waals surface area contributed by atoms with E-state index in [1.807, 2.05) is 44.2 Å². The minimum Gasteiger partial charge on any atom is -0.464 e. The van der Waals surface area contributed by atoms with Crippen LogP contribution in [0.3, 0.4) is 0 Å². The molecule has 4 nitrogen and oxygen atoms in total. The average Bonchev–Trinajstić information content (AvgIpc) is 3.12. The van der Waals surface area contributed by atoms with Crippen LogP contribution in [0.5, 0.6) is 0 Å². The summed E-state index contributed by atoms with van der Waals surface area (Å²) in [4.78, 5) is 27.7. The summed E-state index contributed by atoms with van der Waals surface area (Å²) >= 11 is 13.7. The molecule has 1 aliphatic heterocycles. The molecule has 2 aromatic carbocycles. The van der Waals surface area contributed by atoms with Gasteiger partial charge in [-0.15, -0.1) is 11.8 Å². The summed E-state index contributed by atoms with van der Waals surface area (Å²) in [6.45, 7) is 4.29. The van der Waals surface area contributed by atoms with Crippen molar-refractivity contribution in [1.29, 1.82) is 0 Å². The van der Waals surface area contributed by atoms with Gasteiger partial charge < -0.3 is 9.64 Å². The topological polar surface area (TPSA) is 46.6 Å². The number of benzene rings is 2. The summed E-state index contributed by atoms with van der Waals surface area (Å²) in [5.74, 6) is 0.116. The molecule has 0 bridgehead atoms. The molecular weight excluding hydrogens is 429 g/mol. The van der Waals surface area contributed by atoms with Crippen LogP contribution in [0.25, 0.3) is 0 Å². The summed E-state index contributed by atoms with van der Waals surface area (Å²) in [6, 6.07) is 14.1. The van der Waals surface area contributed by atoms with E-state index in [0.717, 1.165) is 5.56 Å². The highest BCUT2D eigenvalue weighted by atomic mass is 35.5. The van der Waals surface area contributed by atoms with Crippen molar-refractivity contribution in [3.8, 4) is 0 Å². The van der Waals surface area contributed by atoms with Gasteiger partial charge >= 0.3 is 5.97 Å². The van der Waals surface area contributed by atoms with Crippen LogP contribution >= 0.6 is 35.0 Å². The van der Waals surface area contributed by atoms with Gasteiger partial charge in [0, 0.05) is 17.7 Å². The van der Waals surface area contributed by atoms with Crippen LogP contribution < -0.4 is 0 Å². The van der Waals surface area contributed by atoms with Crippen LogP contribution in [0.1, 0.15) is 29.8 Å². The normalized spacial score (nSPS) is 18.9. The van der Waals surface area contributed by atoms with Gasteiger partial charge in [-0.2, -0.15) is 0 Å². The largest absolute Gasteiger partial charge is 0.464 e. The fourth-order valence-electron chi connectivity index (χ4n) is 3.11. The molecule has 3 rings (SSSR count). The zero-order chi connectivity index (χ0) is 21.0. The summed E-state index contributed by atoms with van der Waals surface area (Å²) in [5.41, 5.74) is 1.51. The molecule has 1 fully saturated rings. The SMILES string of the molecule is CC(C)COC(=O)C1CSC(Cc2ccccc2)N1C(=O)c1ccc(Cl)c(Cl)c1. The number of hydrogen-bond acceptors (Lipinski definition) is 4. The van der Waals surface area contributed by atoms with E-state index in [1.54, 1.807) is 34.9 Å². The maximum absolute atomic E-state index is 13.4. The Kier molecular flexibility index (Phi) is 7.49. The lowest BCUT2D eigenvalue weighted by Gasteiger charge is -2.29. The summed E-state index contributed by atoms with van der Waals surface area (Å²) < 4.78 is 5.45. The molecule has 7 heteroatoms. The highest BCUT2D eigenvalue weighted by molar-refractivity contribution is 8.00. The van der Waals surface area contributed by atoms with Gasteiger partial charge in [0.15, 0.2) is 0 Å². The molecule has 29 heavy (non-hydrogen) atoms. The van der Waals surface area contributed by atoms with Gasteiger partial charge in [0.05, 0.1) is 22.0 Å². The Morgan fingerprint density at radius 2 is 1.86 bits per heavy atom. The van der Waals surface area contributed by atoms with Crippen LogP contribution in [0, 0.1) is 5.92 Å². The fourth-order valence-corrected chi connectivity index (χ4v) is 4.83. The lowest BCUT2D eigenvalue weighted by atomic mass is 10.1. The summed E-state index contributed by atoms with van der Waals surface area (Å²) in [6.07, 6.45) is 0.645. The van der Waals surface area contributed by atoms with Crippen LogP contribution in [0.4, 0.5) is 0 Å². The van der Waals surface area contributed by atoms with Crippen LogP contribution in [0.15, 0.2) is 48.5 Å². The molecular formula is C22H23Cl2NO3S. The highest BCUT2D eigenvalue weighted by Crippen LogP contribution is 2.34. The van der Waals surface area contributed by atoms with Crippen molar-refractivity contribution in [3.05, 3.63) is 69.7 Å². The van der Waals surface area contributed by atoms with Crippen molar-refractivity contribution in [2.24, 2.45) is 5.92 Å². The number of amides is 1. The summed E-state index contributed by atoms with van der Waals surface area (Å²) in [7, 11) is 0. The van der Waals surface area contributed by atoms with Crippen LogP contribution in [-0.4, -0.2) is 40.6 Å². The first kappa shape index (κ1) is 22.0. The van der Waals surface area contributed by atoms with E-state index in [-0.39, 0.29) is 23.2 Å². The second kappa shape index (κ2) is 9.88. The Balaban J connectivity index is 1.87. The lowest BCUT2D eigenvalue weighted by Crippen LogP contribution is -2.47. The number of rotatable bonds is 6. The number of carbonyl (C=O) groups excluding carboxylic acids is 2. The second-order valence-electron chi connectivity index (χ2n) is 7.36. The molecule has 0 aromatic heterocycles. The van der Waals surface area contributed by atoms with E-state index in [0.29, 0.717) is 34.4 Å². The van der Waals surface area contributed by atoms with Gasteiger partial charge in [0.1, 0.15) is 6.04 Å². The van der Waals surface area contributed by atoms with E-state index in [1.165, 1.54) is 0 Å². The van der Waals surface area contributed by atoms with Crippen molar-refractivity contribution in [2.75, 3.05) is 12.4 Å². The molecule has 2 aromatic rings. The highest BCUT2D eigenvalue weighted by Gasteiger charge is 2.42. The number of ether oxygens (including phenoxy) is 1. The number of nitrogens with zero attached hydrogens (tertiary/aromatic N) is 1. The number of hydrogen-bond donors (Lipinski definition) is 0. The second-order valence-corrected chi connectivity index (χ2v) is 9.38. The quantitative estimate of drug-likeness (QED) is 0.557. The zero-order valence-corrected chi connectivity index (χ0v) is 18.6. The Morgan fingerprint density at radius 3 is 2.52 bits per heavy atom. The standard InChI is InChI=1S/C22H23Cl2NO3S/c1-14(2)12-28-22(27)19-13-29-20(10-15-6-4-3-5-7-15)25(19)21(26)16-8-9-17(23)18(24)11-16/h3-9,11,14,19-20H,10,12-13H2,1-2H3. The minimum atomic E-state index is -0.630. The molecule has 0 N–H and O–H groups in total. The predicted octanol–water partition coefficient (Wildman–Crippen LogP) is 5.32. The third-order valence-corrected chi connectivity index (χ3v) is 6.60. The van der Waals surface area contributed by atoms with E-state index in [4.69, 9.17) is 27.9 Å². The Bertz CT molecular complexity index is 876. The monoisotopic (exact) mass is 451 g/mol. The molecule has 0 radical (unpaired) electrons. The van der Waals surface area contributed by atoms with Crippen molar-refractivity contribution in [2.45, 2.75) is 31.7 Å². The van der Waals surface area contributed by atoms with E-state index >= 15 is 0 Å². The molecule has 1 heterocycles. The number of esters is 1. The van der Waals surface area contributed by atoms with Gasteiger partial charge in [-0.1, -0.05) is 67.4 Å². The first-order valence-electron chi connectivity index (χ1n) is 9.46. The number of halogens is 2. The van der Waals surface area contributed by atoms with E-state index < -0.39 is 6.04 Å². The molecule has 1 aliphatic rings. The van der Waals surface area contributed by atoms with Crippen molar-refractivity contribution in [3.63, 3.8) is 0 Å². The Hall–Kier alpha value is -1.69. The fraction of sp³-hybridized carbons (Fsp3) is 0.364. The molecule has 154 valence electrons. The molecule has 0 saturated carbocycles. The van der Waals surface area contributed by atoms with Crippen LogP contribution in [-0.2, 0) is 16.0 Å². The Morgan fingerprint density at radius 1 is 1.14 bits per heavy atom. The summed E-state index contributed by atoms with van der Waals surface area (Å²) in [5, 5.41) is 0.520. The van der Waals surface area contributed by atoms with Gasteiger partial charge in [-0.3, -0.25) is 4.79 Å². The number of carbonyl (C=O) groups is 2. The van der Waals surface area contributed by atoms with E-state index in [9.17, 15) is 9.59 Å². The molecule has 0 aliphatic carbocycles. The van der Waals surface area contributed by atoms with Crippen molar-refractivity contribution in [1.82, 2.24) is 4.90 Å². The first-order chi connectivity index (χ1) is 13.9. The van der Waals surface area contributed by atoms with Crippen LogP contribution in [0.2, 0.25) is 10.0 Å². The average molecular weight is 452 g/mol. The maximum atomic E-state index is 13.4. The Labute approximate surface area is 185 Å². The molecule has 2 unspecified atom stereocenters. The third kappa shape index (κ3) is 5.47. The molecule has 1 amide bonds. The smallest absolute Gasteiger partial charge is 0.329 e. The molecule has 0 spiro atoms.